The van der Waals surface area contributed by atoms with Crippen LogP contribution in [0.3, 0.4) is 0 Å². The van der Waals surface area contributed by atoms with E-state index in [2.05, 4.69) is 0 Å². The fourth-order valence-corrected chi connectivity index (χ4v) is 7.68. The number of carboxylic acid groups (broad SMARTS) is 1. The summed E-state index contributed by atoms with van der Waals surface area (Å²) in [4.78, 5) is 22.1. The van der Waals surface area contributed by atoms with E-state index < -0.39 is 50.7 Å². The molecule has 8 nitrogen and oxygen atoms in total. The van der Waals surface area contributed by atoms with Crippen molar-refractivity contribution in [2.24, 2.45) is 16.7 Å². The summed E-state index contributed by atoms with van der Waals surface area (Å²) in [6, 6.07) is 0. The van der Waals surface area contributed by atoms with Gasteiger partial charge in [0.1, 0.15) is 6.10 Å². The Bertz CT molecular complexity index is 669. The number of aliphatic carboxylic acids is 1. The molecule has 0 bridgehead atoms. The van der Waals surface area contributed by atoms with Crippen LogP contribution in [0, 0.1) is 16.7 Å². The average Bonchev–Trinajstić information content (AvgIpc) is 2.66. The van der Waals surface area contributed by atoms with Crippen LogP contribution < -0.4 is 59.1 Å². The first kappa shape index (κ1) is 29.2. The average molecular weight is 481 g/mol. The van der Waals surface area contributed by atoms with Crippen LogP contribution in [-0.2, 0) is 36.5 Å². The first-order valence-corrected chi connectivity index (χ1v) is 12.0. The zero-order valence-corrected chi connectivity index (χ0v) is 23.2. The molecule has 160 valence electrons. The van der Waals surface area contributed by atoms with Crippen molar-refractivity contribution < 1.29 is 96.1 Å². The molecule has 0 aromatic heterocycles. The summed E-state index contributed by atoms with van der Waals surface area (Å²) >= 11 is -4.75. The summed E-state index contributed by atoms with van der Waals surface area (Å²) in [6.45, 7) is 0.308. The summed E-state index contributed by atoms with van der Waals surface area (Å²) in [5, 5.41) is 7.75. The summed E-state index contributed by atoms with van der Waals surface area (Å²) in [5.74, 6) is -1.89. The van der Waals surface area contributed by atoms with Crippen LogP contribution in [0.4, 0.5) is 0 Å². The Morgan fingerprint density at radius 2 is 1.37 bits per heavy atom. The van der Waals surface area contributed by atoms with Crippen LogP contribution in [0.2, 0.25) is 0 Å². The quantitative estimate of drug-likeness (QED) is 0.236. The number of carboxylic acids is 1. The molecule has 0 saturated heterocycles. The molecule has 6 atom stereocenters. The van der Waals surface area contributed by atoms with Crippen molar-refractivity contribution >= 4 is 34.6 Å². The van der Waals surface area contributed by atoms with Crippen LogP contribution in [0.15, 0.2) is 0 Å². The van der Waals surface area contributed by atoms with Gasteiger partial charge in [-0.05, 0) is 86.1 Å². The Kier molecular flexibility index (Phi) is 11.7. The van der Waals surface area contributed by atoms with E-state index in [9.17, 15) is 32.2 Å². The topological polar surface area (TPSA) is 144 Å². The summed E-state index contributed by atoms with van der Waals surface area (Å²) in [6.07, 6.45) is 5.73. The van der Waals surface area contributed by atoms with E-state index in [1.165, 1.54) is 0 Å². The van der Waals surface area contributed by atoms with E-state index in [-0.39, 0.29) is 69.9 Å². The van der Waals surface area contributed by atoms with E-state index >= 15 is 0 Å². The Balaban J connectivity index is 0.00000225. The minimum absolute atomic E-state index is 0. The molecule has 0 aromatic carbocycles. The van der Waals surface area contributed by atoms with Gasteiger partial charge in [-0.3, -0.25) is 18.0 Å². The second-order valence-electron chi connectivity index (χ2n) is 8.80. The molecule has 0 amide bonds. The SMILES string of the molecule is O=COC1CCC2(CCC3(CCC(C(=O)O)C(S(=O)[O-])C3)CC2)CC1S(=O)[O-].[Na+].[Na+]. The van der Waals surface area contributed by atoms with E-state index in [1.807, 2.05) is 0 Å². The summed E-state index contributed by atoms with van der Waals surface area (Å²) in [7, 11) is 0. The van der Waals surface area contributed by atoms with Crippen LogP contribution in [0.1, 0.15) is 64.2 Å². The summed E-state index contributed by atoms with van der Waals surface area (Å²) < 4.78 is 51.6. The first-order chi connectivity index (χ1) is 13.2. The zero-order chi connectivity index (χ0) is 20.5. The largest absolute Gasteiger partial charge is 1.00 e. The third kappa shape index (κ3) is 6.39. The predicted molar refractivity (Wildman–Crippen MR) is 98.5 cm³/mol. The maximum Gasteiger partial charge on any atom is 1.00 e. The van der Waals surface area contributed by atoms with Gasteiger partial charge >= 0.3 is 65.1 Å². The molecule has 3 aliphatic carbocycles. The molecule has 3 aliphatic rings. The molecule has 3 saturated carbocycles. The normalized spacial score (nSPS) is 40.5. The van der Waals surface area contributed by atoms with Crippen molar-refractivity contribution in [2.75, 3.05) is 0 Å². The van der Waals surface area contributed by atoms with Crippen molar-refractivity contribution in [3.8, 4) is 0 Å². The van der Waals surface area contributed by atoms with E-state index in [4.69, 9.17) is 4.74 Å². The van der Waals surface area contributed by atoms with Gasteiger partial charge in [-0.1, -0.05) is 11.1 Å². The molecule has 2 spiro atoms. The first-order valence-electron chi connectivity index (χ1n) is 9.69. The van der Waals surface area contributed by atoms with Gasteiger partial charge in [-0.25, -0.2) is 0 Å². The fraction of sp³-hybridized carbons (Fsp3) is 0.889. The molecule has 30 heavy (non-hydrogen) atoms. The number of hydrogen-bond donors (Lipinski definition) is 1. The molecule has 12 heteroatoms. The van der Waals surface area contributed by atoms with Gasteiger partial charge in [-0.2, -0.15) is 0 Å². The minimum atomic E-state index is -2.42. The molecule has 0 aliphatic heterocycles. The molecular weight excluding hydrogens is 454 g/mol. The van der Waals surface area contributed by atoms with Gasteiger partial charge in [0.05, 0.1) is 11.2 Å². The molecule has 6 unspecified atom stereocenters. The van der Waals surface area contributed by atoms with Crippen molar-refractivity contribution in [3.63, 3.8) is 0 Å². The third-order valence-electron chi connectivity index (χ3n) is 7.49. The predicted octanol–water partition coefficient (Wildman–Crippen LogP) is -4.35. The van der Waals surface area contributed by atoms with Crippen molar-refractivity contribution in [1.82, 2.24) is 0 Å². The minimum Gasteiger partial charge on any atom is -0.772 e. The van der Waals surface area contributed by atoms with Crippen molar-refractivity contribution in [3.05, 3.63) is 0 Å². The van der Waals surface area contributed by atoms with Gasteiger partial charge in [0.2, 0.25) is 0 Å². The second kappa shape index (κ2) is 12.0. The molecule has 0 radical (unpaired) electrons. The van der Waals surface area contributed by atoms with Crippen molar-refractivity contribution in [2.45, 2.75) is 80.8 Å². The number of carbonyl (C=O) groups excluding carboxylic acids is 1. The number of hydrogen-bond acceptors (Lipinski definition) is 7. The standard InChI is InChI=1S/C18H28O8S2.2Na/c19-11-26-13-2-4-18(10-15(13)28(24)25)7-5-17(6-8-18)3-1-12(16(20)21)14(9-17)27(22)23;;/h11-15H,1-10H2,(H,20,21)(H,22,23)(H,24,25);;/q;2*+1/p-2. The molecule has 3 fully saturated rings. The maximum absolute atomic E-state index is 11.7. The Hall–Kier alpha value is 1.16. The monoisotopic (exact) mass is 480 g/mol. The van der Waals surface area contributed by atoms with Crippen LogP contribution in [-0.4, -0.2) is 51.7 Å². The fourth-order valence-electron chi connectivity index (χ4n) is 5.74. The number of ether oxygens (including phenoxy) is 1. The van der Waals surface area contributed by atoms with Crippen LogP contribution in [0.25, 0.3) is 0 Å². The molecule has 0 heterocycles. The van der Waals surface area contributed by atoms with Gasteiger partial charge in [0, 0.05) is 5.25 Å². The Morgan fingerprint density at radius 3 is 1.80 bits per heavy atom. The molecular formula is C18H26Na2O8S2. The van der Waals surface area contributed by atoms with Crippen LogP contribution in [0.5, 0.6) is 0 Å². The smallest absolute Gasteiger partial charge is 0.772 e. The van der Waals surface area contributed by atoms with E-state index in [0.717, 1.165) is 32.1 Å². The van der Waals surface area contributed by atoms with E-state index in [0.29, 0.717) is 38.6 Å². The zero-order valence-electron chi connectivity index (χ0n) is 17.6. The van der Waals surface area contributed by atoms with Crippen LogP contribution >= 0.6 is 0 Å². The number of rotatable bonds is 5. The Labute approximate surface area is 226 Å². The Morgan fingerprint density at radius 1 is 0.900 bits per heavy atom. The maximum atomic E-state index is 11.7. The van der Waals surface area contributed by atoms with E-state index in [1.54, 1.807) is 0 Å². The number of carbonyl (C=O) groups is 2. The second-order valence-corrected chi connectivity index (χ2v) is 11.1. The van der Waals surface area contributed by atoms with Gasteiger partial charge < -0.3 is 18.9 Å². The molecule has 3 rings (SSSR count). The van der Waals surface area contributed by atoms with Gasteiger partial charge in [0.15, 0.2) is 0 Å². The van der Waals surface area contributed by atoms with Gasteiger partial charge in [0.25, 0.3) is 6.47 Å². The molecule has 0 aromatic rings. The van der Waals surface area contributed by atoms with Crippen molar-refractivity contribution in [1.29, 1.82) is 0 Å². The molecule has 1 N–H and O–H groups in total. The van der Waals surface area contributed by atoms with Gasteiger partial charge in [-0.15, -0.1) is 0 Å². The summed E-state index contributed by atoms with van der Waals surface area (Å²) in [5.41, 5.74) is -0.307. The third-order valence-corrected chi connectivity index (χ3v) is 9.44.